The van der Waals surface area contributed by atoms with Crippen molar-refractivity contribution in [2.24, 2.45) is 5.10 Å². The molecule has 158 valence electrons. The van der Waals surface area contributed by atoms with Crippen molar-refractivity contribution in [3.63, 3.8) is 0 Å². The van der Waals surface area contributed by atoms with Crippen LogP contribution in [-0.4, -0.2) is 57.4 Å². The predicted molar refractivity (Wildman–Crippen MR) is 115 cm³/mol. The van der Waals surface area contributed by atoms with Gasteiger partial charge >= 0.3 is 0 Å². The lowest BCUT2D eigenvalue weighted by Gasteiger charge is -2.27. The first-order valence-corrected chi connectivity index (χ1v) is 9.47. The van der Waals surface area contributed by atoms with Gasteiger partial charge in [-0.3, -0.25) is 15.1 Å². The van der Waals surface area contributed by atoms with Gasteiger partial charge in [0.05, 0.1) is 24.4 Å². The summed E-state index contributed by atoms with van der Waals surface area (Å²) < 4.78 is 5.39. The third-order valence-electron chi connectivity index (χ3n) is 4.34. The molecule has 3 heterocycles. The maximum absolute atomic E-state index is 10.8. The molecular formula is C19H19N9O3. The van der Waals surface area contributed by atoms with Gasteiger partial charge in [-0.05, 0) is 29.8 Å². The van der Waals surface area contributed by atoms with E-state index >= 15 is 0 Å². The lowest BCUT2D eigenvalue weighted by molar-refractivity contribution is -0.384. The van der Waals surface area contributed by atoms with Crippen molar-refractivity contribution in [2.75, 3.05) is 41.9 Å². The number of non-ortho nitro benzene ring substituents is 1. The van der Waals surface area contributed by atoms with E-state index in [9.17, 15) is 10.1 Å². The number of hydrogen-bond donors (Lipinski definition) is 2. The first-order chi connectivity index (χ1) is 15.2. The van der Waals surface area contributed by atoms with Gasteiger partial charge in [0.2, 0.25) is 17.8 Å². The molecular weight excluding hydrogens is 402 g/mol. The Morgan fingerprint density at radius 1 is 1.03 bits per heavy atom. The number of morpholine rings is 1. The molecule has 1 aliphatic heterocycles. The van der Waals surface area contributed by atoms with Gasteiger partial charge in [0, 0.05) is 43.3 Å². The molecule has 2 aromatic heterocycles. The maximum atomic E-state index is 10.8. The highest BCUT2D eigenvalue weighted by molar-refractivity contribution is 5.79. The van der Waals surface area contributed by atoms with E-state index in [4.69, 9.17) is 4.74 Å². The van der Waals surface area contributed by atoms with Gasteiger partial charge in [-0.1, -0.05) is 0 Å². The summed E-state index contributed by atoms with van der Waals surface area (Å²) in [6, 6.07) is 9.63. The Kier molecular flexibility index (Phi) is 6.18. The summed E-state index contributed by atoms with van der Waals surface area (Å²) in [6.45, 7) is 2.47. The Balaban J connectivity index is 1.56. The van der Waals surface area contributed by atoms with Crippen molar-refractivity contribution in [3.05, 3.63) is 64.5 Å². The van der Waals surface area contributed by atoms with Gasteiger partial charge in [0.15, 0.2) is 0 Å². The van der Waals surface area contributed by atoms with E-state index in [2.05, 4.69) is 35.8 Å². The van der Waals surface area contributed by atoms with Crippen LogP contribution in [0, 0.1) is 10.1 Å². The lowest BCUT2D eigenvalue weighted by Crippen LogP contribution is -2.37. The topological polar surface area (TPSA) is 144 Å². The molecule has 31 heavy (non-hydrogen) atoms. The van der Waals surface area contributed by atoms with Crippen LogP contribution in [0.2, 0.25) is 0 Å². The number of rotatable bonds is 7. The third-order valence-corrected chi connectivity index (χ3v) is 4.34. The molecule has 3 aromatic rings. The SMILES string of the molecule is O=[N+]([O-])c1ccc(Nc2nc(N/N=C/c3ccncc3)nc(N3CCOCC3)n2)cc1. The van der Waals surface area contributed by atoms with Gasteiger partial charge in [-0.25, -0.2) is 5.43 Å². The Labute approximate surface area is 177 Å². The molecule has 0 radical (unpaired) electrons. The second-order valence-corrected chi connectivity index (χ2v) is 6.46. The van der Waals surface area contributed by atoms with Crippen molar-refractivity contribution >= 4 is 35.4 Å². The summed E-state index contributed by atoms with van der Waals surface area (Å²) in [6.07, 6.45) is 4.98. The summed E-state index contributed by atoms with van der Waals surface area (Å²) >= 11 is 0. The van der Waals surface area contributed by atoms with Crippen LogP contribution in [0.4, 0.5) is 29.2 Å². The number of anilines is 4. The van der Waals surface area contributed by atoms with E-state index in [0.29, 0.717) is 37.9 Å². The standard InChI is InChI=1S/C19H19N9O3/c29-28(30)16-3-1-15(2-4-16)22-17-23-18(26-21-13-14-5-7-20-8-6-14)25-19(24-17)27-9-11-31-12-10-27/h1-8,13H,9-12H2,(H2,22,23,24,25,26)/b21-13+. The summed E-state index contributed by atoms with van der Waals surface area (Å²) in [7, 11) is 0. The zero-order valence-corrected chi connectivity index (χ0v) is 16.4. The second kappa shape index (κ2) is 9.54. The molecule has 2 N–H and O–H groups in total. The van der Waals surface area contributed by atoms with Crippen LogP contribution in [0.25, 0.3) is 0 Å². The summed E-state index contributed by atoms with van der Waals surface area (Å²) in [5, 5.41) is 18.1. The van der Waals surface area contributed by atoms with E-state index < -0.39 is 4.92 Å². The number of pyridine rings is 1. The van der Waals surface area contributed by atoms with Crippen LogP contribution in [0.1, 0.15) is 5.56 Å². The highest BCUT2D eigenvalue weighted by atomic mass is 16.6. The number of ether oxygens (including phenoxy) is 1. The molecule has 4 rings (SSSR count). The molecule has 1 aromatic carbocycles. The van der Waals surface area contributed by atoms with Crippen molar-refractivity contribution in [1.82, 2.24) is 19.9 Å². The van der Waals surface area contributed by atoms with E-state index in [-0.39, 0.29) is 17.6 Å². The zero-order valence-electron chi connectivity index (χ0n) is 16.4. The maximum Gasteiger partial charge on any atom is 0.269 e. The summed E-state index contributed by atoms with van der Waals surface area (Å²) in [5.74, 6) is 1.02. The highest BCUT2D eigenvalue weighted by Gasteiger charge is 2.17. The van der Waals surface area contributed by atoms with Crippen molar-refractivity contribution < 1.29 is 9.66 Å². The monoisotopic (exact) mass is 421 g/mol. The number of nitrogens with zero attached hydrogens (tertiary/aromatic N) is 7. The molecule has 0 atom stereocenters. The molecule has 0 saturated carbocycles. The van der Waals surface area contributed by atoms with Crippen LogP contribution in [0.15, 0.2) is 53.9 Å². The van der Waals surface area contributed by atoms with Gasteiger partial charge in [-0.2, -0.15) is 20.1 Å². The van der Waals surface area contributed by atoms with E-state index in [1.807, 2.05) is 17.0 Å². The molecule has 0 bridgehead atoms. The fourth-order valence-electron chi connectivity index (χ4n) is 2.79. The summed E-state index contributed by atoms with van der Waals surface area (Å²) in [4.78, 5) is 29.6. The Bertz CT molecular complexity index is 1050. The smallest absolute Gasteiger partial charge is 0.269 e. The number of hydrazone groups is 1. The number of benzene rings is 1. The molecule has 0 spiro atoms. The highest BCUT2D eigenvalue weighted by Crippen LogP contribution is 2.21. The Morgan fingerprint density at radius 3 is 2.45 bits per heavy atom. The number of nitro groups is 1. The van der Waals surface area contributed by atoms with Crippen LogP contribution >= 0.6 is 0 Å². The molecule has 0 unspecified atom stereocenters. The summed E-state index contributed by atoms with van der Waals surface area (Å²) in [5.41, 5.74) is 4.30. The largest absolute Gasteiger partial charge is 0.378 e. The molecule has 12 heteroatoms. The Morgan fingerprint density at radius 2 is 1.74 bits per heavy atom. The number of aromatic nitrogens is 4. The van der Waals surface area contributed by atoms with Gasteiger partial charge in [0.1, 0.15) is 0 Å². The van der Waals surface area contributed by atoms with E-state index in [1.165, 1.54) is 12.1 Å². The van der Waals surface area contributed by atoms with Gasteiger partial charge in [0.25, 0.3) is 5.69 Å². The number of nitro benzene ring substituents is 1. The second-order valence-electron chi connectivity index (χ2n) is 6.46. The fraction of sp³-hybridized carbons (Fsp3) is 0.211. The molecule has 0 aliphatic carbocycles. The molecule has 1 saturated heterocycles. The minimum atomic E-state index is -0.452. The lowest BCUT2D eigenvalue weighted by atomic mass is 10.3. The quantitative estimate of drug-likeness (QED) is 0.331. The van der Waals surface area contributed by atoms with Crippen LogP contribution < -0.4 is 15.6 Å². The average molecular weight is 421 g/mol. The molecule has 12 nitrogen and oxygen atoms in total. The first-order valence-electron chi connectivity index (χ1n) is 9.47. The normalized spacial score (nSPS) is 13.9. The number of hydrogen-bond acceptors (Lipinski definition) is 11. The first kappa shape index (κ1) is 20.1. The minimum absolute atomic E-state index is 0.00278. The molecule has 1 aliphatic rings. The van der Waals surface area contributed by atoms with E-state index in [0.717, 1.165) is 5.56 Å². The number of nitrogens with one attached hydrogen (secondary N) is 2. The zero-order chi connectivity index (χ0) is 21.5. The van der Waals surface area contributed by atoms with Crippen molar-refractivity contribution in [1.29, 1.82) is 0 Å². The van der Waals surface area contributed by atoms with Crippen LogP contribution in [0.3, 0.4) is 0 Å². The average Bonchev–Trinajstić information content (AvgIpc) is 2.81. The molecule has 0 amide bonds. The molecule has 1 fully saturated rings. The Hall–Kier alpha value is -4.19. The third kappa shape index (κ3) is 5.45. The van der Waals surface area contributed by atoms with Crippen LogP contribution in [0.5, 0.6) is 0 Å². The van der Waals surface area contributed by atoms with Crippen molar-refractivity contribution in [3.8, 4) is 0 Å². The fourth-order valence-corrected chi connectivity index (χ4v) is 2.79. The predicted octanol–water partition coefficient (Wildman–Crippen LogP) is 2.20. The van der Waals surface area contributed by atoms with Gasteiger partial charge in [-0.15, -0.1) is 0 Å². The van der Waals surface area contributed by atoms with Gasteiger partial charge < -0.3 is 15.0 Å². The minimum Gasteiger partial charge on any atom is -0.378 e. The van der Waals surface area contributed by atoms with Crippen molar-refractivity contribution in [2.45, 2.75) is 0 Å². The van der Waals surface area contributed by atoms with E-state index in [1.54, 1.807) is 30.7 Å². The van der Waals surface area contributed by atoms with Crippen LogP contribution in [-0.2, 0) is 4.74 Å².